The fourth-order valence-electron chi connectivity index (χ4n) is 3.72. The van der Waals surface area contributed by atoms with Gasteiger partial charge in [-0.1, -0.05) is 12.1 Å². The van der Waals surface area contributed by atoms with Gasteiger partial charge in [0.15, 0.2) is 0 Å². The second kappa shape index (κ2) is 6.35. The van der Waals surface area contributed by atoms with E-state index in [0.29, 0.717) is 6.54 Å². The lowest BCUT2D eigenvalue weighted by Crippen LogP contribution is -2.42. The van der Waals surface area contributed by atoms with Crippen LogP contribution in [0, 0.1) is 6.92 Å². The molecular weight excluding hydrogens is 314 g/mol. The first-order valence-corrected chi connectivity index (χ1v) is 8.87. The van der Waals surface area contributed by atoms with Crippen molar-refractivity contribution in [3.63, 3.8) is 0 Å². The molecule has 3 aromatic rings. The van der Waals surface area contributed by atoms with Crippen LogP contribution in [0.25, 0.3) is 11.0 Å². The zero-order chi connectivity index (χ0) is 17.4. The molecule has 2 unspecified atom stereocenters. The molecule has 2 atom stereocenters. The number of hydrogen-bond donors (Lipinski definition) is 1. The number of hydrogen-bond acceptors (Lipinski definition) is 3. The van der Waals surface area contributed by atoms with Gasteiger partial charge in [0.05, 0.1) is 11.0 Å². The molecule has 4 rings (SSSR count). The first-order valence-electron chi connectivity index (χ1n) is 8.87. The van der Waals surface area contributed by atoms with Crippen LogP contribution >= 0.6 is 0 Å². The topological polar surface area (TPSA) is 66.8 Å². The summed E-state index contributed by atoms with van der Waals surface area (Å²) >= 11 is 0. The third-order valence-corrected chi connectivity index (χ3v) is 5.12. The number of amides is 1. The number of piperidine rings is 1. The fraction of sp³-hybridized carbons (Fsp3) is 0.421. The molecule has 6 heteroatoms. The minimum Gasteiger partial charge on any atom is -0.342 e. The number of rotatable bonds is 3. The largest absolute Gasteiger partial charge is 0.342 e. The molecule has 6 nitrogen and oxygen atoms in total. The molecule has 1 N–H and O–H groups in total. The Morgan fingerprint density at radius 3 is 2.92 bits per heavy atom. The van der Waals surface area contributed by atoms with Gasteiger partial charge in [0.2, 0.25) is 5.91 Å². The third-order valence-electron chi connectivity index (χ3n) is 5.12. The molecule has 0 saturated carbocycles. The number of aryl methyl sites for hydroxylation is 1. The Hall–Kier alpha value is -2.63. The molecule has 0 radical (unpaired) electrons. The van der Waals surface area contributed by atoms with Crippen LogP contribution in [0.2, 0.25) is 0 Å². The number of para-hydroxylation sites is 2. The molecule has 0 bridgehead atoms. The van der Waals surface area contributed by atoms with Crippen molar-refractivity contribution in [3.05, 3.63) is 48.0 Å². The van der Waals surface area contributed by atoms with E-state index in [1.54, 1.807) is 10.9 Å². The highest BCUT2D eigenvalue weighted by Gasteiger charge is 2.30. The van der Waals surface area contributed by atoms with Gasteiger partial charge in [0.1, 0.15) is 11.9 Å². The summed E-state index contributed by atoms with van der Waals surface area (Å²) in [7, 11) is 0. The number of H-pyrrole nitrogens is 1. The third kappa shape index (κ3) is 2.92. The standard InChI is InChI=1S/C19H23N5O/c1-13-9-10-20-24(13)14(2)19(25)23-11-5-6-15(12-23)18-21-16-7-3-4-8-17(16)22-18/h3-4,7-10,14-15H,5-6,11-12H2,1-2H3,(H,21,22). The minimum atomic E-state index is -0.274. The molecule has 1 fully saturated rings. The number of carbonyl (C=O) groups is 1. The smallest absolute Gasteiger partial charge is 0.247 e. The molecule has 1 aromatic carbocycles. The molecule has 0 spiro atoms. The van der Waals surface area contributed by atoms with Crippen LogP contribution in [0.4, 0.5) is 0 Å². The lowest BCUT2D eigenvalue weighted by Gasteiger charge is -2.33. The van der Waals surface area contributed by atoms with Gasteiger partial charge in [-0.15, -0.1) is 0 Å². The van der Waals surface area contributed by atoms with Crippen molar-refractivity contribution in [2.75, 3.05) is 13.1 Å². The summed E-state index contributed by atoms with van der Waals surface area (Å²) in [6.45, 7) is 5.42. The molecule has 1 aliphatic heterocycles. The van der Waals surface area contributed by atoms with E-state index in [-0.39, 0.29) is 17.9 Å². The zero-order valence-electron chi connectivity index (χ0n) is 14.6. The van der Waals surface area contributed by atoms with E-state index in [1.165, 1.54) is 0 Å². The number of carbonyl (C=O) groups excluding carboxylic acids is 1. The lowest BCUT2D eigenvalue weighted by molar-refractivity contribution is -0.135. The fourth-order valence-corrected chi connectivity index (χ4v) is 3.72. The molecule has 25 heavy (non-hydrogen) atoms. The van der Waals surface area contributed by atoms with Crippen LogP contribution in [-0.4, -0.2) is 43.6 Å². The van der Waals surface area contributed by atoms with E-state index < -0.39 is 0 Å². The highest BCUT2D eigenvalue weighted by molar-refractivity contribution is 5.80. The number of aromatic nitrogens is 4. The van der Waals surface area contributed by atoms with Crippen molar-refractivity contribution in [1.29, 1.82) is 0 Å². The summed E-state index contributed by atoms with van der Waals surface area (Å²) in [6.07, 6.45) is 3.80. The minimum absolute atomic E-state index is 0.132. The van der Waals surface area contributed by atoms with Gasteiger partial charge in [0.25, 0.3) is 0 Å². The average Bonchev–Trinajstić information content (AvgIpc) is 3.26. The summed E-state index contributed by atoms with van der Waals surface area (Å²) in [4.78, 5) is 23.0. The molecular formula is C19H23N5O. The maximum atomic E-state index is 12.9. The first kappa shape index (κ1) is 15.9. The first-order chi connectivity index (χ1) is 12.1. The Balaban J connectivity index is 1.52. The normalized spacial score (nSPS) is 19.3. The summed E-state index contributed by atoms with van der Waals surface area (Å²) < 4.78 is 1.80. The summed E-state index contributed by atoms with van der Waals surface area (Å²) in [5, 5.41) is 4.29. The maximum Gasteiger partial charge on any atom is 0.247 e. The van der Waals surface area contributed by atoms with Crippen molar-refractivity contribution in [1.82, 2.24) is 24.6 Å². The van der Waals surface area contributed by atoms with E-state index in [2.05, 4.69) is 10.1 Å². The van der Waals surface area contributed by atoms with E-state index in [9.17, 15) is 4.79 Å². The molecule has 1 aliphatic rings. The predicted molar refractivity (Wildman–Crippen MR) is 96.3 cm³/mol. The van der Waals surface area contributed by atoms with Gasteiger partial charge in [-0.25, -0.2) is 4.98 Å². The van der Waals surface area contributed by atoms with Gasteiger partial charge in [-0.2, -0.15) is 5.10 Å². The number of aromatic amines is 1. The van der Waals surface area contributed by atoms with Gasteiger partial charge >= 0.3 is 0 Å². The summed E-state index contributed by atoms with van der Waals surface area (Å²) in [5.74, 6) is 1.38. The van der Waals surface area contributed by atoms with Crippen LogP contribution in [0.5, 0.6) is 0 Å². The molecule has 0 aliphatic carbocycles. The van der Waals surface area contributed by atoms with E-state index in [0.717, 1.165) is 41.9 Å². The van der Waals surface area contributed by atoms with Crippen molar-refractivity contribution >= 4 is 16.9 Å². The van der Waals surface area contributed by atoms with Crippen molar-refractivity contribution in [2.45, 2.75) is 38.6 Å². The highest BCUT2D eigenvalue weighted by Crippen LogP contribution is 2.28. The van der Waals surface area contributed by atoms with Gasteiger partial charge in [0, 0.05) is 30.9 Å². The van der Waals surface area contributed by atoms with Crippen LogP contribution in [0.1, 0.15) is 43.2 Å². The number of nitrogens with zero attached hydrogens (tertiary/aromatic N) is 4. The van der Waals surface area contributed by atoms with Crippen LogP contribution in [0.15, 0.2) is 36.5 Å². The Morgan fingerprint density at radius 2 is 2.16 bits per heavy atom. The Kier molecular flexibility index (Phi) is 4.03. The zero-order valence-corrected chi connectivity index (χ0v) is 14.6. The molecule has 3 heterocycles. The monoisotopic (exact) mass is 337 g/mol. The van der Waals surface area contributed by atoms with Crippen LogP contribution in [-0.2, 0) is 4.79 Å². The summed E-state index contributed by atoms with van der Waals surface area (Å²) in [6, 6.07) is 9.72. The van der Waals surface area contributed by atoms with Crippen molar-refractivity contribution in [3.8, 4) is 0 Å². The van der Waals surface area contributed by atoms with Gasteiger partial charge in [-0.05, 0) is 44.9 Å². The van der Waals surface area contributed by atoms with Gasteiger partial charge < -0.3 is 9.88 Å². The quantitative estimate of drug-likeness (QED) is 0.799. The van der Waals surface area contributed by atoms with Crippen LogP contribution in [0.3, 0.4) is 0 Å². The second-order valence-electron chi connectivity index (χ2n) is 6.86. The van der Waals surface area contributed by atoms with E-state index in [4.69, 9.17) is 4.98 Å². The predicted octanol–water partition coefficient (Wildman–Crippen LogP) is 3.04. The number of nitrogens with one attached hydrogen (secondary N) is 1. The Labute approximate surface area is 146 Å². The molecule has 2 aromatic heterocycles. The number of likely N-dealkylation sites (tertiary alicyclic amines) is 1. The van der Waals surface area contributed by atoms with E-state index in [1.807, 2.05) is 49.1 Å². The SMILES string of the molecule is Cc1ccnn1C(C)C(=O)N1CCCC(c2nc3ccccc3[nH]2)C1. The highest BCUT2D eigenvalue weighted by atomic mass is 16.2. The van der Waals surface area contributed by atoms with Crippen molar-refractivity contribution < 1.29 is 4.79 Å². The van der Waals surface area contributed by atoms with Crippen LogP contribution < -0.4 is 0 Å². The molecule has 1 amide bonds. The average molecular weight is 337 g/mol. The maximum absolute atomic E-state index is 12.9. The molecule has 1 saturated heterocycles. The van der Waals surface area contributed by atoms with E-state index >= 15 is 0 Å². The number of imidazole rings is 1. The summed E-state index contributed by atoms with van der Waals surface area (Å²) in [5.41, 5.74) is 3.05. The number of benzene rings is 1. The molecule has 130 valence electrons. The second-order valence-corrected chi connectivity index (χ2v) is 6.86. The lowest BCUT2D eigenvalue weighted by atomic mass is 9.97. The van der Waals surface area contributed by atoms with Gasteiger partial charge in [-0.3, -0.25) is 9.48 Å². The Morgan fingerprint density at radius 1 is 1.32 bits per heavy atom. The van der Waals surface area contributed by atoms with Crippen molar-refractivity contribution in [2.24, 2.45) is 0 Å². The Bertz CT molecular complexity index is 863. The number of fused-ring (bicyclic) bond motifs is 1.